The Kier molecular flexibility index (Phi) is 9.81. The van der Waals surface area contributed by atoms with Gasteiger partial charge in [0.25, 0.3) is 0 Å². The first kappa shape index (κ1) is 39.6. The van der Waals surface area contributed by atoms with E-state index in [1.807, 2.05) is 0 Å². The summed E-state index contributed by atoms with van der Waals surface area (Å²) in [5.41, 5.74) is 24.5. The summed E-state index contributed by atoms with van der Waals surface area (Å²) >= 11 is 0. The molecule has 1 heteroatoms. The van der Waals surface area contributed by atoms with E-state index < -0.39 is 0 Å². The van der Waals surface area contributed by atoms with E-state index in [9.17, 15) is 0 Å². The first-order valence-corrected chi connectivity index (χ1v) is 22.9. The summed E-state index contributed by atoms with van der Waals surface area (Å²) in [6.45, 7) is 9.68. The topological polar surface area (TPSA) is 3.24 Å². The summed E-state index contributed by atoms with van der Waals surface area (Å²) < 4.78 is 0. The highest BCUT2D eigenvalue weighted by Crippen LogP contribution is 2.58. The van der Waals surface area contributed by atoms with Crippen molar-refractivity contribution in [2.45, 2.75) is 57.8 Å². The maximum absolute atomic E-state index is 2.56. The predicted octanol–water partition coefficient (Wildman–Crippen LogP) is 17.3. The molecule has 4 aliphatic rings. The van der Waals surface area contributed by atoms with Gasteiger partial charge in [-0.05, 0) is 157 Å². The van der Waals surface area contributed by atoms with E-state index in [4.69, 9.17) is 0 Å². The lowest BCUT2D eigenvalue weighted by Crippen LogP contribution is -2.17. The fraction of sp³-hybridized carbons (Fsp3) is 0.143. The molecular formula is C63H53N. The number of benzene rings is 7. The van der Waals surface area contributed by atoms with Gasteiger partial charge < -0.3 is 4.90 Å². The molecule has 0 heterocycles. The average molecular weight is 824 g/mol. The van der Waals surface area contributed by atoms with Crippen LogP contribution in [0.1, 0.15) is 80.3 Å². The first-order valence-electron chi connectivity index (χ1n) is 22.9. The number of fused-ring (bicyclic) bond motifs is 6. The largest absolute Gasteiger partial charge is 0.310 e. The van der Waals surface area contributed by atoms with Crippen molar-refractivity contribution >= 4 is 28.2 Å². The Labute approximate surface area is 379 Å². The van der Waals surface area contributed by atoms with Gasteiger partial charge in [0.2, 0.25) is 0 Å². The van der Waals surface area contributed by atoms with Crippen molar-refractivity contribution in [1.29, 1.82) is 0 Å². The van der Waals surface area contributed by atoms with Crippen molar-refractivity contribution in [3.63, 3.8) is 0 Å². The van der Waals surface area contributed by atoms with Crippen LogP contribution in [0.15, 0.2) is 212 Å². The average Bonchev–Trinajstić information content (AvgIpc) is 3.49. The number of hydrogen-bond donors (Lipinski definition) is 0. The van der Waals surface area contributed by atoms with Crippen molar-refractivity contribution < 1.29 is 0 Å². The predicted molar refractivity (Wildman–Crippen MR) is 273 cm³/mol. The SMILES string of the molecule is CC1(C)c2cc(N(c3ccc(-c4ccccc4)cc3)c3ccc(-c4ccc(C5=CC=CC=CC5)cc4)cc3)ccc2-c2cc3c(cc21)-c1c(/C2=C/C/C=C\C=C/C2)cccc1C3(C)C. The molecule has 0 atom stereocenters. The Balaban J connectivity index is 0.982. The lowest BCUT2D eigenvalue weighted by molar-refractivity contribution is 0.652. The molecule has 0 unspecified atom stereocenters. The summed E-state index contributed by atoms with van der Waals surface area (Å²) in [6.07, 6.45) is 25.0. The molecule has 0 aliphatic heterocycles. The van der Waals surface area contributed by atoms with E-state index in [1.54, 1.807) is 0 Å². The van der Waals surface area contributed by atoms with Crippen LogP contribution in [0.2, 0.25) is 0 Å². The van der Waals surface area contributed by atoms with Gasteiger partial charge in [0.15, 0.2) is 0 Å². The summed E-state index contributed by atoms with van der Waals surface area (Å²) in [4.78, 5) is 2.43. The van der Waals surface area contributed by atoms with Crippen LogP contribution in [0, 0.1) is 0 Å². The van der Waals surface area contributed by atoms with Crippen molar-refractivity contribution in [2.75, 3.05) is 4.90 Å². The molecule has 1 nitrogen and oxygen atoms in total. The summed E-state index contributed by atoms with van der Waals surface area (Å²) in [6, 6.07) is 57.1. The van der Waals surface area contributed by atoms with Crippen molar-refractivity contribution in [3.05, 3.63) is 246 Å². The molecule has 0 spiro atoms. The standard InChI is InChI=1S/C63H53N/c1-62(2)57-25-17-24-53(49-22-13-6-5-7-14-23-49)61(57)56-42-59-55(41-60(56)62)54-39-38-52(40-58(54)63(59,3)4)64(50-34-30-47(31-35-50)44-20-15-10-16-21-44)51-36-32-48(33-37-51)46-28-26-45(27-29-46)43-18-11-8-9-12-19-43/h5-13,15-18,20-21,23-42H,14,19,22H2,1-4H3/b7-5-,13-6-,49-23+. The molecule has 0 saturated heterocycles. The van der Waals surface area contributed by atoms with Crippen LogP contribution in [0.3, 0.4) is 0 Å². The number of hydrogen-bond acceptors (Lipinski definition) is 1. The minimum Gasteiger partial charge on any atom is -0.310 e. The maximum Gasteiger partial charge on any atom is 0.0465 e. The van der Waals surface area contributed by atoms with Gasteiger partial charge in [0.1, 0.15) is 0 Å². The van der Waals surface area contributed by atoms with E-state index in [1.165, 1.54) is 89.0 Å². The van der Waals surface area contributed by atoms with E-state index in [2.05, 4.69) is 245 Å². The second-order valence-electron chi connectivity index (χ2n) is 18.8. The van der Waals surface area contributed by atoms with Crippen LogP contribution < -0.4 is 4.90 Å². The maximum atomic E-state index is 2.56. The molecule has 0 bridgehead atoms. The third-order valence-corrected chi connectivity index (χ3v) is 14.2. The highest BCUT2D eigenvalue weighted by Gasteiger charge is 2.42. The molecule has 64 heavy (non-hydrogen) atoms. The Morgan fingerprint density at radius 1 is 0.375 bits per heavy atom. The normalized spacial score (nSPS) is 17.9. The monoisotopic (exact) mass is 823 g/mol. The molecule has 310 valence electrons. The number of rotatable bonds is 7. The van der Waals surface area contributed by atoms with Gasteiger partial charge in [-0.1, -0.05) is 192 Å². The second kappa shape index (κ2) is 15.8. The fourth-order valence-electron chi connectivity index (χ4n) is 10.7. The molecule has 11 rings (SSSR count). The molecule has 0 saturated carbocycles. The molecule has 0 N–H and O–H groups in total. The molecule has 0 fully saturated rings. The van der Waals surface area contributed by atoms with Crippen LogP contribution in [-0.2, 0) is 10.8 Å². The number of anilines is 3. The van der Waals surface area contributed by atoms with Gasteiger partial charge >= 0.3 is 0 Å². The van der Waals surface area contributed by atoms with Crippen molar-refractivity contribution in [3.8, 4) is 44.5 Å². The molecular weight excluding hydrogens is 771 g/mol. The zero-order valence-electron chi connectivity index (χ0n) is 37.3. The Morgan fingerprint density at radius 3 is 1.64 bits per heavy atom. The minimum absolute atomic E-state index is 0.112. The summed E-state index contributed by atoms with van der Waals surface area (Å²) in [7, 11) is 0. The highest BCUT2D eigenvalue weighted by molar-refractivity contribution is 5.95. The minimum atomic E-state index is -0.206. The fourth-order valence-corrected chi connectivity index (χ4v) is 10.7. The second-order valence-corrected chi connectivity index (χ2v) is 18.8. The van der Waals surface area contributed by atoms with Crippen molar-refractivity contribution in [2.24, 2.45) is 0 Å². The Bertz CT molecular complexity index is 3120. The van der Waals surface area contributed by atoms with E-state index in [-0.39, 0.29) is 10.8 Å². The lowest BCUT2D eigenvalue weighted by Gasteiger charge is -2.28. The zero-order chi connectivity index (χ0) is 43.4. The zero-order valence-corrected chi connectivity index (χ0v) is 37.3. The molecule has 4 aliphatic carbocycles. The third-order valence-electron chi connectivity index (χ3n) is 14.2. The van der Waals surface area contributed by atoms with Gasteiger partial charge in [0, 0.05) is 27.9 Å². The molecule has 0 amide bonds. The van der Waals surface area contributed by atoms with Crippen LogP contribution in [0.25, 0.3) is 55.7 Å². The van der Waals surface area contributed by atoms with Gasteiger partial charge in [0.05, 0.1) is 0 Å². The van der Waals surface area contributed by atoms with Crippen LogP contribution in [0.5, 0.6) is 0 Å². The van der Waals surface area contributed by atoms with Crippen LogP contribution >= 0.6 is 0 Å². The number of nitrogens with zero attached hydrogens (tertiary/aromatic N) is 1. The first-order chi connectivity index (χ1) is 31.3. The Hall–Kier alpha value is -7.22. The molecule has 0 aromatic heterocycles. The molecule has 7 aromatic rings. The van der Waals surface area contributed by atoms with Gasteiger partial charge in [-0.2, -0.15) is 0 Å². The van der Waals surface area contributed by atoms with Crippen LogP contribution in [0.4, 0.5) is 17.1 Å². The van der Waals surface area contributed by atoms with Crippen molar-refractivity contribution in [1.82, 2.24) is 0 Å². The van der Waals surface area contributed by atoms with E-state index >= 15 is 0 Å². The van der Waals surface area contributed by atoms with Crippen LogP contribution in [-0.4, -0.2) is 0 Å². The summed E-state index contributed by atoms with van der Waals surface area (Å²) in [5.74, 6) is 0. The Morgan fingerprint density at radius 2 is 0.922 bits per heavy atom. The highest BCUT2D eigenvalue weighted by atomic mass is 15.1. The quantitative estimate of drug-likeness (QED) is 0.155. The molecule has 7 aromatic carbocycles. The third kappa shape index (κ3) is 6.79. The van der Waals surface area contributed by atoms with Gasteiger partial charge in [-0.15, -0.1) is 0 Å². The summed E-state index contributed by atoms with van der Waals surface area (Å²) in [5, 5.41) is 0. The van der Waals surface area contributed by atoms with E-state index in [0.29, 0.717) is 0 Å². The van der Waals surface area contributed by atoms with E-state index in [0.717, 1.165) is 36.3 Å². The smallest absolute Gasteiger partial charge is 0.0465 e. The van der Waals surface area contributed by atoms with Gasteiger partial charge in [-0.3, -0.25) is 0 Å². The van der Waals surface area contributed by atoms with Gasteiger partial charge in [-0.25, -0.2) is 0 Å². The molecule has 0 radical (unpaired) electrons. The number of allylic oxidation sites excluding steroid dienone is 12. The lowest BCUT2D eigenvalue weighted by atomic mass is 9.79.